The molecule has 0 radical (unpaired) electrons. The molecular formula is C10H8Br2N2. The maximum Gasteiger partial charge on any atom is 0.0879 e. The summed E-state index contributed by atoms with van der Waals surface area (Å²) in [5, 5.41) is 0.963. The zero-order chi connectivity index (χ0) is 10.3. The minimum atomic E-state index is 0.751. The fourth-order valence-electron chi connectivity index (χ4n) is 1.43. The van der Waals surface area contributed by atoms with Crippen molar-refractivity contribution in [1.82, 2.24) is 4.98 Å². The van der Waals surface area contributed by atoms with Crippen LogP contribution in [0.4, 0.5) is 5.69 Å². The second-order valence-corrected chi connectivity index (χ2v) is 4.81. The summed E-state index contributed by atoms with van der Waals surface area (Å²) in [5.41, 5.74) is 8.51. The standard InChI is InChI=1S/C10H8Br2N2/c1-5-4-8(13)9-6(11)2-3-7(12)10(9)14-5/h2-4H,1H3,(H2,13,14). The van der Waals surface area contributed by atoms with Gasteiger partial charge in [-0.05, 0) is 41.1 Å². The van der Waals surface area contributed by atoms with Crippen molar-refractivity contribution in [3.8, 4) is 0 Å². The quantitative estimate of drug-likeness (QED) is 0.806. The Morgan fingerprint density at radius 3 is 2.57 bits per heavy atom. The van der Waals surface area contributed by atoms with Crippen molar-refractivity contribution in [3.63, 3.8) is 0 Å². The van der Waals surface area contributed by atoms with E-state index in [4.69, 9.17) is 5.73 Å². The molecule has 2 N–H and O–H groups in total. The smallest absolute Gasteiger partial charge is 0.0879 e. The first-order valence-corrected chi connectivity index (χ1v) is 5.69. The molecule has 0 fully saturated rings. The third-order valence-electron chi connectivity index (χ3n) is 2.02. The van der Waals surface area contributed by atoms with Crippen LogP contribution in [-0.2, 0) is 0 Å². The zero-order valence-corrected chi connectivity index (χ0v) is 10.7. The normalized spacial score (nSPS) is 10.8. The summed E-state index contributed by atoms with van der Waals surface area (Å²) in [7, 11) is 0. The number of aryl methyl sites for hydroxylation is 1. The fourth-order valence-corrected chi connectivity index (χ4v) is 2.40. The molecular weight excluding hydrogens is 308 g/mol. The number of halogens is 2. The monoisotopic (exact) mass is 314 g/mol. The largest absolute Gasteiger partial charge is 0.398 e. The van der Waals surface area contributed by atoms with Gasteiger partial charge in [0.05, 0.1) is 5.52 Å². The van der Waals surface area contributed by atoms with Crippen LogP contribution in [0, 0.1) is 6.92 Å². The van der Waals surface area contributed by atoms with Gasteiger partial charge in [-0.3, -0.25) is 4.98 Å². The number of hydrogen-bond acceptors (Lipinski definition) is 2. The van der Waals surface area contributed by atoms with Crippen LogP contribution in [0.1, 0.15) is 5.69 Å². The van der Waals surface area contributed by atoms with E-state index in [0.29, 0.717) is 0 Å². The number of rotatable bonds is 0. The van der Waals surface area contributed by atoms with Gasteiger partial charge in [-0.25, -0.2) is 0 Å². The Morgan fingerprint density at radius 1 is 1.21 bits per heavy atom. The zero-order valence-electron chi connectivity index (χ0n) is 7.51. The lowest BCUT2D eigenvalue weighted by Gasteiger charge is -2.06. The molecule has 0 unspecified atom stereocenters. The Hall–Kier alpha value is -0.610. The van der Waals surface area contributed by atoms with Gasteiger partial charge in [-0.15, -0.1) is 0 Å². The highest BCUT2D eigenvalue weighted by atomic mass is 79.9. The van der Waals surface area contributed by atoms with Crippen molar-refractivity contribution in [3.05, 3.63) is 32.8 Å². The van der Waals surface area contributed by atoms with E-state index < -0.39 is 0 Å². The van der Waals surface area contributed by atoms with Crippen LogP contribution in [0.25, 0.3) is 10.9 Å². The predicted molar refractivity (Wildman–Crippen MR) is 66.3 cm³/mol. The van der Waals surface area contributed by atoms with E-state index in [1.807, 2.05) is 25.1 Å². The first-order valence-electron chi connectivity index (χ1n) is 4.10. The molecule has 2 aromatic rings. The van der Waals surface area contributed by atoms with Gasteiger partial charge in [-0.2, -0.15) is 0 Å². The van der Waals surface area contributed by atoms with Gasteiger partial charge in [0, 0.05) is 25.7 Å². The molecule has 0 bridgehead atoms. The summed E-state index contributed by atoms with van der Waals surface area (Å²) in [6, 6.07) is 5.79. The number of nitrogens with zero attached hydrogens (tertiary/aromatic N) is 1. The van der Waals surface area contributed by atoms with Crippen molar-refractivity contribution in [2.24, 2.45) is 0 Å². The second kappa shape index (κ2) is 3.51. The number of hydrogen-bond donors (Lipinski definition) is 1. The Bertz CT molecular complexity index is 509. The predicted octanol–water partition coefficient (Wildman–Crippen LogP) is 3.65. The van der Waals surface area contributed by atoms with E-state index in [1.54, 1.807) is 0 Å². The maximum absolute atomic E-state index is 5.94. The summed E-state index contributed by atoms with van der Waals surface area (Å²) < 4.78 is 1.94. The summed E-state index contributed by atoms with van der Waals surface area (Å²) in [4.78, 5) is 4.44. The summed E-state index contributed by atoms with van der Waals surface area (Å²) in [6.45, 7) is 1.93. The number of anilines is 1. The molecule has 0 aliphatic heterocycles. The van der Waals surface area contributed by atoms with Crippen LogP contribution < -0.4 is 5.73 Å². The average Bonchev–Trinajstić information content (AvgIpc) is 2.10. The molecule has 0 aliphatic carbocycles. The molecule has 4 heteroatoms. The Balaban J connectivity index is 3.00. The lowest BCUT2D eigenvalue weighted by atomic mass is 10.2. The van der Waals surface area contributed by atoms with Crippen molar-refractivity contribution in [1.29, 1.82) is 0 Å². The van der Waals surface area contributed by atoms with E-state index in [-0.39, 0.29) is 0 Å². The van der Waals surface area contributed by atoms with Gasteiger partial charge >= 0.3 is 0 Å². The Kier molecular flexibility index (Phi) is 2.49. The van der Waals surface area contributed by atoms with Gasteiger partial charge in [-0.1, -0.05) is 15.9 Å². The highest BCUT2D eigenvalue weighted by Gasteiger charge is 2.07. The summed E-state index contributed by atoms with van der Waals surface area (Å²) in [5.74, 6) is 0. The van der Waals surface area contributed by atoms with Crippen molar-refractivity contribution in [2.45, 2.75) is 6.92 Å². The summed E-state index contributed by atoms with van der Waals surface area (Å²) >= 11 is 6.93. The van der Waals surface area contributed by atoms with Crippen LogP contribution in [0.3, 0.4) is 0 Å². The van der Waals surface area contributed by atoms with Crippen molar-refractivity contribution < 1.29 is 0 Å². The number of benzene rings is 1. The lowest BCUT2D eigenvalue weighted by molar-refractivity contribution is 1.25. The van der Waals surface area contributed by atoms with Gasteiger partial charge in [0.25, 0.3) is 0 Å². The molecule has 1 aromatic heterocycles. The van der Waals surface area contributed by atoms with Gasteiger partial charge in [0.2, 0.25) is 0 Å². The Labute approximate surface area is 98.8 Å². The molecule has 1 heterocycles. The van der Waals surface area contributed by atoms with Crippen LogP contribution in [-0.4, -0.2) is 4.98 Å². The highest BCUT2D eigenvalue weighted by molar-refractivity contribution is 9.11. The molecule has 0 saturated heterocycles. The SMILES string of the molecule is Cc1cc(N)c2c(Br)ccc(Br)c2n1. The number of nitrogen functional groups attached to an aromatic ring is 1. The number of pyridine rings is 1. The van der Waals surface area contributed by atoms with Crippen molar-refractivity contribution in [2.75, 3.05) is 5.73 Å². The molecule has 72 valence electrons. The fraction of sp³-hybridized carbons (Fsp3) is 0.100. The molecule has 0 saturated carbocycles. The van der Waals surface area contributed by atoms with Gasteiger partial charge < -0.3 is 5.73 Å². The van der Waals surface area contributed by atoms with Crippen LogP contribution in [0.5, 0.6) is 0 Å². The molecule has 0 atom stereocenters. The average molecular weight is 316 g/mol. The minimum Gasteiger partial charge on any atom is -0.398 e. The third-order valence-corrected chi connectivity index (χ3v) is 3.32. The van der Waals surface area contributed by atoms with E-state index in [0.717, 1.165) is 31.2 Å². The molecule has 2 rings (SSSR count). The van der Waals surface area contributed by atoms with E-state index in [2.05, 4.69) is 36.8 Å². The number of aromatic nitrogens is 1. The third kappa shape index (κ3) is 1.53. The Morgan fingerprint density at radius 2 is 1.86 bits per heavy atom. The molecule has 1 aromatic carbocycles. The molecule has 14 heavy (non-hydrogen) atoms. The van der Waals surface area contributed by atoms with Gasteiger partial charge in [0.1, 0.15) is 0 Å². The molecule has 0 amide bonds. The summed E-state index contributed by atoms with van der Waals surface area (Å²) in [6.07, 6.45) is 0. The van der Waals surface area contributed by atoms with Crippen LogP contribution >= 0.6 is 31.9 Å². The highest BCUT2D eigenvalue weighted by Crippen LogP contribution is 2.33. The first kappa shape index (κ1) is 9.93. The van der Waals surface area contributed by atoms with E-state index in [9.17, 15) is 0 Å². The second-order valence-electron chi connectivity index (χ2n) is 3.11. The number of fused-ring (bicyclic) bond motifs is 1. The molecule has 2 nitrogen and oxygen atoms in total. The van der Waals surface area contributed by atoms with Crippen LogP contribution in [0.2, 0.25) is 0 Å². The van der Waals surface area contributed by atoms with Gasteiger partial charge in [0.15, 0.2) is 0 Å². The first-order chi connectivity index (χ1) is 6.59. The van der Waals surface area contributed by atoms with E-state index in [1.165, 1.54) is 0 Å². The topological polar surface area (TPSA) is 38.9 Å². The van der Waals surface area contributed by atoms with Crippen LogP contribution in [0.15, 0.2) is 27.1 Å². The minimum absolute atomic E-state index is 0.751. The molecule has 0 spiro atoms. The lowest BCUT2D eigenvalue weighted by Crippen LogP contribution is -1.93. The maximum atomic E-state index is 5.94. The van der Waals surface area contributed by atoms with E-state index >= 15 is 0 Å². The van der Waals surface area contributed by atoms with Crippen molar-refractivity contribution >= 4 is 48.5 Å². The molecule has 0 aliphatic rings. The number of nitrogens with two attached hydrogens (primary N) is 1.